The molecule has 4 amide bonds. The van der Waals surface area contributed by atoms with Crippen molar-refractivity contribution in [3.63, 3.8) is 0 Å². The van der Waals surface area contributed by atoms with Gasteiger partial charge in [-0.05, 0) is 49.2 Å². The standard InChI is InChI=1S/C25H30FN5O4/c1-16(19-7-9-20(26)10-8-19)29-14-22-30(17(2)24(29)33)23(32)15-28(3)31(22)25(34)27-13-18-5-11-21(35-4)12-6-18/h5-12,16-17,22H,13-15H2,1-4H3,(H,27,34)/t16?,17-,22-/m0/s1. The monoisotopic (exact) mass is 483 g/mol. The van der Waals surface area contributed by atoms with Gasteiger partial charge in [0.2, 0.25) is 11.8 Å². The maximum Gasteiger partial charge on any atom is 0.334 e. The normalized spacial score (nSPS) is 21.6. The van der Waals surface area contributed by atoms with E-state index in [1.165, 1.54) is 22.0 Å². The van der Waals surface area contributed by atoms with Crippen LogP contribution in [0.4, 0.5) is 9.18 Å². The van der Waals surface area contributed by atoms with Crippen LogP contribution in [0.15, 0.2) is 48.5 Å². The van der Waals surface area contributed by atoms with Crippen LogP contribution in [-0.2, 0) is 16.1 Å². The zero-order valence-electron chi connectivity index (χ0n) is 20.3. The Bertz CT molecular complexity index is 1090. The Kier molecular flexibility index (Phi) is 6.93. The molecule has 0 aromatic heterocycles. The first kappa shape index (κ1) is 24.5. The fourth-order valence-electron chi connectivity index (χ4n) is 4.69. The highest BCUT2D eigenvalue weighted by Gasteiger charge is 2.50. The van der Waals surface area contributed by atoms with Crippen LogP contribution in [0.25, 0.3) is 0 Å². The predicted octanol–water partition coefficient (Wildman–Crippen LogP) is 2.35. The highest BCUT2D eigenvalue weighted by atomic mass is 19.1. The molecule has 1 N–H and O–H groups in total. The van der Waals surface area contributed by atoms with E-state index in [0.29, 0.717) is 0 Å². The van der Waals surface area contributed by atoms with Gasteiger partial charge < -0.3 is 19.9 Å². The van der Waals surface area contributed by atoms with Gasteiger partial charge in [-0.15, -0.1) is 0 Å². The number of urea groups is 1. The molecule has 2 saturated heterocycles. The third-order valence-electron chi connectivity index (χ3n) is 6.67. The topological polar surface area (TPSA) is 85.4 Å². The number of amides is 4. The van der Waals surface area contributed by atoms with Crippen LogP contribution in [0.1, 0.15) is 31.0 Å². The number of fused-ring (bicyclic) bond motifs is 1. The largest absolute Gasteiger partial charge is 0.497 e. The third kappa shape index (κ3) is 4.79. The summed E-state index contributed by atoms with van der Waals surface area (Å²) < 4.78 is 18.6. The summed E-state index contributed by atoms with van der Waals surface area (Å²) >= 11 is 0. The number of hydrogen-bond donors (Lipinski definition) is 1. The van der Waals surface area contributed by atoms with Gasteiger partial charge in [-0.25, -0.2) is 19.2 Å². The molecule has 0 spiro atoms. The molecule has 35 heavy (non-hydrogen) atoms. The summed E-state index contributed by atoms with van der Waals surface area (Å²) in [5.41, 5.74) is 1.66. The number of carbonyl (C=O) groups is 3. The Labute approximate surface area is 204 Å². The number of nitrogens with zero attached hydrogens (tertiary/aromatic N) is 4. The second-order valence-electron chi connectivity index (χ2n) is 8.84. The summed E-state index contributed by atoms with van der Waals surface area (Å²) in [7, 11) is 3.27. The van der Waals surface area contributed by atoms with E-state index in [4.69, 9.17) is 4.74 Å². The zero-order chi connectivity index (χ0) is 25.3. The maximum absolute atomic E-state index is 13.4. The van der Waals surface area contributed by atoms with Gasteiger partial charge in [-0.1, -0.05) is 24.3 Å². The Hall–Kier alpha value is -3.66. The Morgan fingerprint density at radius 1 is 1.14 bits per heavy atom. The molecule has 2 fully saturated rings. The molecule has 2 aliphatic rings. The van der Waals surface area contributed by atoms with Gasteiger partial charge in [0.05, 0.1) is 26.2 Å². The van der Waals surface area contributed by atoms with Gasteiger partial charge in [0.15, 0.2) is 0 Å². The second-order valence-corrected chi connectivity index (χ2v) is 8.84. The average Bonchev–Trinajstić information content (AvgIpc) is 2.84. The minimum absolute atomic E-state index is 0.0163. The molecule has 0 radical (unpaired) electrons. The van der Waals surface area contributed by atoms with Gasteiger partial charge in [-0.2, -0.15) is 0 Å². The van der Waals surface area contributed by atoms with Crippen molar-refractivity contribution >= 4 is 17.8 Å². The van der Waals surface area contributed by atoms with E-state index < -0.39 is 12.2 Å². The molecule has 0 saturated carbocycles. The molecule has 10 heteroatoms. The van der Waals surface area contributed by atoms with Gasteiger partial charge in [0, 0.05) is 13.6 Å². The van der Waals surface area contributed by atoms with Crippen LogP contribution in [0.2, 0.25) is 0 Å². The molecule has 1 unspecified atom stereocenters. The first-order chi connectivity index (χ1) is 16.7. The fourth-order valence-corrected chi connectivity index (χ4v) is 4.69. The summed E-state index contributed by atoms with van der Waals surface area (Å²) in [5.74, 6) is -0.0629. The van der Waals surface area contributed by atoms with Crippen molar-refractivity contribution in [2.24, 2.45) is 0 Å². The molecule has 0 bridgehead atoms. The average molecular weight is 484 g/mol. The van der Waals surface area contributed by atoms with E-state index in [9.17, 15) is 18.8 Å². The number of hydrogen-bond acceptors (Lipinski definition) is 5. The summed E-state index contributed by atoms with van der Waals surface area (Å²) in [6.07, 6.45) is -0.673. The van der Waals surface area contributed by atoms with Crippen molar-refractivity contribution in [1.82, 2.24) is 25.1 Å². The van der Waals surface area contributed by atoms with Gasteiger partial charge >= 0.3 is 6.03 Å². The van der Waals surface area contributed by atoms with E-state index in [0.717, 1.165) is 16.9 Å². The minimum atomic E-state index is -0.741. The summed E-state index contributed by atoms with van der Waals surface area (Å²) in [6.45, 7) is 3.94. The number of methoxy groups -OCH3 is 1. The van der Waals surface area contributed by atoms with Crippen molar-refractivity contribution in [3.8, 4) is 5.75 Å². The Morgan fingerprint density at radius 3 is 2.43 bits per heavy atom. The number of nitrogens with one attached hydrogen (secondary N) is 1. The smallest absolute Gasteiger partial charge is 0.334 e. The number of piperazine rings is 1. The van der Waals surface area contributed by atoms with E-state index in [1.807, 2.05) is 31.2 Å². The lowest BCUT2D eigenvalue weighted by Gasteiger charge is -2.54. The van der Waals surface area contributed by atoms with E-state index in [-0.39, 0.29) is 49.3 Å². The molecule has 186 valence electrons. The van der Waals surface area contributed by atoms with Gasteiger partial charge in [0.1, 0.15) is 23.8 Å². The van der Waals surface area contributed by atoms with Crippen molar-refractivity contribution < 1.29 is 23.5 Å². The molecular weight excluding hydrogens is 453 g/mol. The molecule has 9 nitrogen and oxygen atoms in total. The van der Waals surface area contributed by atoms with Gasteiger partial charge in [0.25, 0.3) is 0 Å². The summed E-state index contributed by atoms with van der Waals surface area (Å²) in [4.78, 5) is 42.6. The minimum Gasteiger partial charge on any atom is -0.497 e. The van der Waals surface area contributed by atoms with Crippen molar-refractivity contribution in [2.45, 2.75) is 38.6 Å². The quantitative estimate of drug-likeness (QED) is 0.706. The molecule has 0 aliphatic carbocycles. The SMILES string of the molecule is COc1ccc(CNC(=O)N2[C@H]3CN(C(C)c4ccc(F)cc4)C(=O)[C@H](C)N3C(=O)CN2C)cc1. The van der Waals surface area contributed by atoms with Crippen molar-refractivity contribution in [3.05, 3.63) is 65.5 Å². The third-order valence-corrected chi connectivity index (χ3v) is 6.67. The lowest BCUT2D eigenvalue weighted by atomic mass is 10.0. The second kappa shape index (κ2) is 9.91. The lowest BCUT2D eigenvalue weighted by Crippen LogP contribution is -2.75. The zero-order valence-corrected chi connectivity index (χ0v) is 20.3. The van der Waals surface area contributed by atoms with Gasteiger partial charge in [-0.3, -0.25) is 9.59 Å². The van der Waals surface area contributed by atoms with Crippen molar-refractivity contribution in [1.29, 1.82) is 0 Å². The molecule has 2 aromatic carbocycles. The number of carbonyl (C=O) groups excluding carboxylic acids is 3. The number of rotatable bonds is 5. The van der Waals surface area contributed by atoms with Crippen LogP contribution in [-0.4, -0.2) is 77.1 Å². The van der Waals surface area contributed by atoms with E-state index in [2.05, 4.69) is 5.32 Å². The van der Waals surface area contributed by atoms with E-state index in [1.54, 1.807) is 43.1 Å². The summed E-state index contributed by atoms with van der Waals surface area (Å²) in [6, 6.07) is 11.9. The van der Waals surface area contributed by atoms with Crippen LogP contribution in [0, 0.1) is 5.82 Å². The molecular formula is C25H30FN5O4. The first-order valence-corrected chi connectivity index (χ1v) is 11.5. The van der Waals surface area contributed by atoms with Crippen LogP contribution >= 0.6 is 0 Å². The number of likely N-dealkylation sites (N-methyl/N-ethyl adjacent to an activating group) is 1. The highest BCUT2D eigenvalue weighted by molar-refractivity contribution is 5.91. The lowest BCUT2D eigenvalue weighted by molar-refractivity contribution is -0.187. The molecule has 2 heterocycles. The molecule has 4 rings (SSSR count). The fraction of sp³-hybridized carbons (Fsp3) is 0.400. The van der Waals surface area contributed by atoms with Crippen LogP contribution < -0.4 is 10.1 Å². The predicted molar refractivity (Wildman–Crippen MR) is 126 cm³/mol. The van der Waals surface area contributed by atoms with Crippen LogP contribution in [0.5, 0.6) is 5.75 Å². The molecule has 2 aromatic rings. The number of hydrazine groups is 1. The van der Waals surface area contributed by atoms with Crippen molar-refractivity contribution in [2.75, 3.05) is 27.2 Å². The molecule has 2 aliphatic heterocycles. The highest BCUT2D eigenvalue weighted by Crippen LogP contribution is 2.31. The Morgan fingerprint density at radius 2 is 1.80 bits per heavy atom. The van der Waals surface area contributed by atoms with Crippen LogP contribution in [0.3, 0.4) is 0 Å². The van der Waals surface area contributed by atoms with E-state index >= 15 is 0 Å². The Balaban J connectivity index is 1.55. The number of ether oxygens (including phenoxy) is 1. The number of benzene rings is 2. The maximum atomic E-state index is 13.4. The molecule has 3 atom stereocenters. The summed E-state index contributed by atoms with van der Waals surface area (Å²) in [5, 5.41) is 5.99. The number of halogens is 1. The first-order valence-electron chi connectivity index (χ1n) is 11.5.